The van der Waals surface area contributed by atoms with Crippen LogP contribution in [0.15, 0.2) is 200 Å². The van der Waals surface area contributed by atoms with Gasteiger partial charge >= 0.3 is 0 Å². The number of hydrogen-bond acceptors (Lipinski definition) is 1. The molecule has 63 heavy (non-hydrogen) atoms. The number of para-hydroxylation sites is 2. The van der Waals surface area contributed by atoms with Crippen LogP contribution in [0.3, 0.4) is 0 Å². The van der Waals surface area contributed by atoms with Gasteiger partial charge in [-0.15, -0.1) is 0 Å². The normalized spacial score (nSPS) is 12.2. The van der Waals surface area contributed by atoms with E-state index in [0.29, 0.717) is 0 Å². The summed E-state index contributed by atoms with van der Waals surface area (Å²) >= 11 is 0. The van der Waals surface area contributed by atoms with Crippen LogP contribution in [-0.2, 0) is 13.0 Å². The summed E-state index contributed by atoms with van der Waals surface area (Å²) < 4.78 is 2.23. The number of nitrogens with zero attached hydrogens (tertiary/aromatic N) is 2. The van der Waals surface area contributed by atoms with Crippen molar-refractivity contribution in [3.8, 4) is 33.4 Å². The third-order valence-electron chi connectivity index (χ3n) is 10.8. The van der Waals surface area contributed by atoms with Crippen LogP contribution in [0.25, 0.3) is 61.6 Å². The molecule has 6 aromatic carbocycles. The lowest BCUT2D eigenvalue weighted by Gasteiger charge is -2.27. The van der Waals surface area contributed by atoms with Crippen molar-refractivity contribution >= 4 is 28.3 Å². The van der Waals surface area contributed by atoms with Gasteiger partial charge in [0.2, 0.25) is 0 Å². The van der Waals surface area contributed by atoms with Gasteiger partial charge in [0.1, 0.15) is 5.82 Å². The number of allylic oxidation sites excluding steroid dienone is 11. The van der Waals surface area contributed by atoms with Crippen molar-refractivity contribution < 1.29 is 0 Å². The van der Waals surface area contributed by atoms with Crippen LogP contribution >= 0.6 is 0 Å². The second-order valence-corrected chi connectivity index (χ2v) is 14.7. The Balaban J connectivity index is 0.000000297. The van der Waals surface area contributed by atoms with Crippen molar-refractivity contribution in [2.24, 2.45) is 0 Å². The number of aromatic nitrogens is 2. The lowest BCUT2D eigenvalue weighted by Crippen LogP contribution is -2.05. The lowest BCUT2D eigenvalue weighted by molar-refractivity contribution is 0.806. The van der Waals surface area contributed by atoms with Gasteiger partial charge in [-0.05, 0) is 112 Å². The Morgan fingerprint density at radius 1 is 0.603 bits per heavy atom. The number of imidazole rings is 1. The summed E-state index contributed by atoms with van der Waals surface area (Å²) in [5.41, 5.74) is 17.5. The number of hydrogen-bond donors (Lipinski definition) is 0. The van der Waals surface area contributed by atoms with Crippen LogP contribution in [0.5, 0.6) is 0 Å². The summed E-state index contributed by atoms with van der Waals surface area (Å²) in [6, 6.07) is 51.9. The van der Waals surface area contributed by atoms with Crippen molar-refractivity contribution in [2.75, 3.05) is 0 Å². The maximum atomic E-state index is 4.54. The smallest absolute Gasteiger partial charge is 0.107 e. The Morgan fingerprint density at radius 2 is 1.13 bits per heavy atom. The molecule has 1 aromatic heterocycles. The van der Waals surface area contributed by atoms with Gasteiger partial charge in [0.05, 0.1) is 11.0 Å². The zero-order chi connectivity index (χ0) is 44.8. The van der Waals surface area contributed by atoms with Crippen molar-refractivity contribution in [3.63, 3.8) is 0 Å². The van der Waals surface area contributed by atoms with Gasteiger partial charge in [-0.2, -0.15) is 0 Å². The highest BCUT2D eigenvalue weighted by atomic mass is 15.1. The number of fused-ring (bicyclic) bond motifs is 1. The van der Waals surface area contributed by atoms with Crippen molar-refractivity contribution in [3.05, 3.63) is 228 Å². The first-order valence-corrected chi connectivity index (χ1v) is 23.0. The predicted octanol–water partition coefficient (Wildman–Crippen LogP) is 17.6. The van der Waals surface area contributed by atoms with E-state index in [2.05, 4.69) is 238 Å². The van der Waals surface area contributed by atoms with Crippen LogP contribution in [0.2, 0.25) is 0 Å². The van der Waals surface area contributed by atoms with E-state index in [1.54, 1.807) is 0 Å². The highest BCUT2D eigenvalue weighted by molar-refractivity contribution is 6.06. The van der Waals surface area contributed by atoms with Crippen molar-refractivity contribution in [1.82, 2.24) is 9.55 Å². The Kier molecular flexibility index (Phi) is 18.9. The van der Waals surface area contributed by atoms with Crippen LogP contribution < -0.4 is 0 Å². The molecule has 0 atom stereocenters. The minimum absolute atomic E-state index is 0.875. The van der Waals surface area contributed by atoms with Gasteiger partial charge in [0.25, 0.3) is 0 Å². The number of aryl methyl sites for hydroxylation is 1. The number of rotatable bonds is 11. The molecule has 2 nitrogen and oxygen atoms in total. The molecule has 0 bridgehead atoms. The van der Waals surface area contributed by atoms with E-state index in [4.69, 9.17) is 0 Å². The van der Waals surface area contributed by atoms with E-state index in [-0.39, 0.29) is 0 Å². The molecular weight excluding hydrogens is 761 g/mol. The molecule has 0 aliphatic heterocycles. The molecule has 8 rings (SSSR count). The first kappa shape index (κ1) is 47.3. The van der Waals surface area contributed by atoms with Crippen LogP contribution in [0.4, 0.5) is 0 Å². The van der Waals surface area contributed by atoms with Gasteiger partial charge in [0.15, 0.2) is 0 Å². The summed E-state index contributed by atoms with van der Waals surface area (Å²) in [6.45, 7) is 17.6. The van der Waals surface area contributed by atoms with E-state index < -0.39 is 0 Å². The fraction of sp³-hybridized carbons (Fsp3) is 0.197. The summed E-state index contributed by atoms with van der Waals surface area (Å²) in [7, 11) is 0. The highest BCUT2D eigenvalue weighted by Gasteiger charge is 2.26. The molecule has 0 spiro atoms. The monoisotopic (exact) mass is 827 g/mol. The Labute approximate surface area is 379 Å². The maximum absolute atomic E-state index is 4.54. The Morgan fingerprint density at radius 3 is 1.71 bits per heavy atom. The average Bonchev–Trinajstić information content (AvgIpc) is 3.47. The van der Waals surface area contributed by atoms with E-state index in [9.17, 15) is 0 Å². The maximum Gasteiger partial charge on any atom is 0.107 e. The minimum atomic E-state index is 0.875. The summed E-state index contributed by atoms with van der Waals surface area (Å²) in [5, 5.41) is 0. The fourth-order valence-electron chi connectivity index (χ4n) is 7.99. The standard InChI is InChI=1S/C42H36.C15H18N2.2C2H6/c1-3-37-38(30-31(2)32-20-12-6-13-21-32)40(34-24-14-7-15-25-34)42(36-28-18-9-19-29-36)41(35-26-16-8-17-27-35)39(37)33-22-10-4-5-11-23-33;1-3-4-5-6-9-12-17-13(2)16-14-10-7-8-11-15(14)17;2*1-2/h4,6-30H,3,5H2,1-2H3;4-11H,3,12H2,1-2H3;2*1-2H3/b31-30+;5-4-,9-6-;;. The van der Waals surface area contributed by atoms with E-state index in [1.165, 1.54) is 72.3 Å². The molecule has 0 unspecified atom stereocenters. The Bertz CT molecular complexity index is 2650. The van der Waals surface area contributed by atoms with E-state index in [1.807, 2.05) is 33.8 Å². The summed E-state index contributed by atoms with van der Waals surface area (Å²) in [5.74, 6) is 1.07. The van der Waals surface area contributed by atoms with Crippen LogP contribution in [-0.4, -0.2) is 9.55 Å². The molecule has 2 heteroatoms. The topological polar surface area (TPSA) is 17.8 Å². The van der Waals surface area contributed by atoms with Gasteiger partial charge in [-0.1, -0.05) is 236 Å². The molecule has 0 radical (unpaired) electrons. The van der Waals surface area contributed by atoms with E-state index in [0.717, 1.165) is 37.1 Å². The lowest BCUT2D eigenvalue weighted by atomic mass is 9.76. The molecule has 0 saturated heterocycles. The third kappa shape index (κ3) is 12.0. The number of benzene rings is 6. The van der Waals surface area contributed by atoms with Crippen molar-refractivity contribution in [1.29, 1.82) is 0 Å². The van der Waals surface area contributed by atoms with Gasteiger partial charge in [-0.25, -0.2) is 4.98 Å². The predicted molar refractivity (Wildman–Crippen MR) is 279 cm³/mol. The van der Waals surface area contributed by atoms with Crippen LogP contribution in [0.1, 0.15) is 89.4 Å². The fourth-order valence-corrected chi connectivity index (χ4v) is 7.99. The molecule has 320 valence electrons. The first-order valence-electron chi connectivity index (χ1n) is 23.0. The van der Waals surface area contributed by atoms with E-state index >= 15 is 0 Å². The quantitative estimate of drug-likeness (QED) is 0.0938. The zero-order valence-electron chi connectivity index (χ0n) is 38.9. The van der Waals surface area contributed by atoms with Crippen LogP contribution in [0, 0.1) is 6.92 Å². The first-order chi connectivity index (χ1) is 31.1. The Hall–Kier alpha value is -6.77. The molecule has 0 fully saturated rings. The molecular formula is C61H66N2. The summed E-state index contributed by atoms with van der Waals surface area (Å²) in [6.07, 6.45) is 25.2. The molecule has 0 amide bonds. The summed E-state index contributed by atoms with van der Waals surface area (Å²) in [4.78, 5) is 4.54. The van der Waals surface area contributed by atoms with Gasteiger partial charge in [0, 0.05) is 6.54 Å². The van der Waals surface area contributed by atoms with Gasteiger partial charge < -0.3 is 4.57 Å². The highest BCUT2D eigenvalue weighted by Crippen LogP contribution is 2.49. The average molecular weight is 827 g/mol. The third-order valence-corrected chi connectivity index (χ3v) is 10.8. The zero-order valence-corrected chi connectivity index (χ0v) is 38.9. The minimum Gasteiger partial charge on any atom is -0.324 e. The molecule has 1 aliphatic rings. The molecule has 7 aromatic rings. The molecule has 0 saturated carbocycles. The molecule has 1 aliphatic carbocycles. The molecule has 1 heterocycles. The second kappa shape index (κ2) is 25.2. The largest absolute Gasteiger partial charge is 0.324 e. The molecule has 0 N–H and O–H groups in total. The van der Waals surface area contributed by atoms with Gasteiger partial charge in [-0.3, -0.25) is 0 Å². The van der Waals surface area contributed by atoms with Crippen molar-refractivity contribution in [2.45, 2.75) is 81.2 Å². The SMILES string of the molecule is CC.CC.CC/C=C\C=C/Cn1c(C)nc2ccccc21.CCc1c(/C=C(\C)c2ccccc2)c(-c2ccccc2)c(-c2ccccc2)c(-c2ccccc2)c1C1=CC=CCC=C1. The second-order valence-electron chi connectivity index (χ2n) is 14.7.